The van der Waals surface area contributed by atoms with Gasteiger partial charge in [0, 0.05) is 54.3 Å². The third-order valence-corrected chi connectivity index (χ3v) is 6.24. The zero-order chi connectivity index (χ0) is 24.1. The number of furan rings is 1. The molecule has 0 saturated heterocycles. The molecule has 0 saturated carbocycles. The summed E-state index contributed by atoms with van der Waals surface area (Å²) in [6, 6.07) is 8.71. The van der Waals surface area contributed by atoms with Gasteiger partial charge >= 0.3 is 0 Å². The number of pyridine rings is 2. The van der Waals surface area contributed by atoms with Crippen molar-refractivity contribution in [3.05, 3.63) is 87.7 Å². The van der Waals surface area contributed by atoms with Crippen molar-refractivity contribution in [2.45, 2.75) is 26.6 Å². The van der Waals surface area contributed by atoms with Gasteiger partial charge in [0.25, 0.3) is 11.5 Å². The van der Waals surface area contributed by atoms with E-state index >= 15 is 4.39 Å². The Morgan fingerprint density at radius 3 is 2.86 bits per heavy atom. The van der Waals surface area contributed by atoms with E-state index in [1.54, 1.807) is 35.1 Å². The topological polar surface area (TPSA) is 109 Å². The van der Waals surface area contributed by atoms with Crippen LogP contribution in [0.5, 0.6) is 0 Å². The fourth-order valence-corrected chi connectivity index (χ4v) is 4.57. The Morgan fingerprint density at radius 1 is 1.20 bits per heavy atom. The summed E-state index contributed by atoms with van der Waals surface area (Å²) in [4.78, 5) is 33.1. The summed E-state index contributed by atoms with van der Waals surface area (Å²) >= 11 is 0. The maximum absolute atomic E-state index is 15.3. The van der Waals surface area contributed by atoms with Crippen molar-refractivity contribution in [1.29, 1.82) is 0 Å². The van der Waals surface area contributed by atoms with Crippen LogP contribution in [-0.2, 0) is 19.6 Å². The molecule has 9 nitrogen and oxygen atoms in total. The molecule has 4 aromatic heterocycles. The van der Waals surface area contributed by atoms with E-state index in [0.717, 1.165) is 16.9 Å². The van der Waals surface area contributed by atoms with Crippen molar-refractivity contribution in [1.82, 2.24) is 30.0 Å². The highest BCUT2D eigenvalue weighted by Gasteiger charge is 2.25. The van der Waals surface area contributed by atoms with Gasteiger partial charge in [0.2, 0.25) is 0 Å². The molecular formula is C25H21FN6O3. The van der Waals surface area contributed by atoms with Gasteiger partial charge in [0.1, 0.15) is 5.69 Å². The lowest BCUT2D eigenvalue weighted by molar-refractivity contribution is 0.0951. The van der Waals surface area contributed by atoms with E-state index < -0.39 is 11.4 Å². The van der Waals surface area contributed by atoms with Crippen LogP contribution >= 0.6 is 0 Å². The molecule has 10 heteroatoms. The van der Waals surface area contributed by atoms with Crippen molar-refractivity contribution < 1.29 is 13.6 Å². The fraction of sp³-hybridized carbons (Fsp3) is 0.200. The Hall–Kier alpha value is -4.31. The number of carbonyl (C=O) groups excluding carboxylic acids is 1. The fourth-order valence-electron chi connectivity index (χ4n) is 4.57. The first-order valence-corrected chi connectivity index (χ1v) is 11.3. The third-order valence-electron chi connectivity index (χ3n) is 6.24. The molecule has 5 aromatic rings. The van der Waals surface area contributed by atoms with Gasteiger partial charge in [0.15, 0.2) is 11.4 Å². The Balaban J connectivity index is 1.20. The number of aromatic amines is 1. The average Bonchev–Trinajstić information content (AvgIpc) is 3.57. The lowest BCUT2D eigenvalue weighted by Gasteiger charge is -2.16. The highest BCUT2D eigenvalue weighted by atomic mass is 19.1. The molecule has 6 rings (SSSR count). The van der Waals surface area contributed by atoms with Crippen LogP contribution in [0.15, 0.2) is 58.2 Å². The van der Waals surface area contributed by atoms with Crippen molar-refractivity contribution in [2.75, 3.05) is 6.54 Å². The van der Waals surface area contributed by atoms with Gasteiger partial charge in [-0.2, -0.15) is 5.10 Å². The minimum Gasteiger partial charge on any atom is -0.459 e. The molecule has 0 aliphatic carbocycles. The van der Waals surface area contributed by atoms with Gasteiger partial charge in [-0.15, -0.1) is 0 Å². The number of halogens is 1. The summed E-state index contributed by atoms with van der Waals surface area (Å²) in [5.41, 5.74) is 3.51. The molecular weight excluding hydrogens is 451 g/mol. The lowest BCUT2D eigenvalue weighted by atomic mass is 10.1. The summed E-state index contributed by atoms with van der Waals surface area (Å²) in [6.07, 6.45) is 4.98. The summed E-state index contributed by atoms with van der Waals surface area (Å²) in [6.45, 7) is 3.97. The maximum Gasteiger partial charge on any atom is 0.292 e. The minimum atomic E-state index is -0.447. The van der Waals surface area contributed by atoms with Gasteiger partial charge in [-0.3, -0.25) is 14.5 Å². The van der Waals surface area contributed by atoms with E-state index in [-0.39, 0.29) is 17.0 Å². The van der Waals surface area contributed by atoms with Crippen LogP contribution in [0.1, 0.15) is 34.2 Å². The number of carbonyl (C=O) groups is 1. The van der Waals surface area contributed by atoms with Crippen LogP contribution in [-0.4, -0.2) is 37.1 Å². The number of benzene rings is 1. The van der Waals surface area contributed by atoms with E-state index in [1.165, 1.54) is 6.26 Å². The first-order chi connectivity index (χ1) is 17.0. The molecule has 2 N–H and O–H groups in total. The molecule has 0 radical (unpaired) electrons. The highest BCUT2D eigenvalue weighted by molar-refractivity contribution is 6.03. The summed E-state index contributed by atoms with van der Waals surface area (Å²) in [5, 5.41) is 8.59. The van der Waals surface area contributed by atoms with E-state index in [1.807, 2.05) is 19.2 Å². The first-order valence-electron chi connectivity index (χ1n) is 11.3. The summed E-state index contributed by atoms with van der Waals surface area (Å²) < 4.78 is 22.3. The largest absolute Gasteiger partial charge is 0.459 e. The monoisotopic (exact) mass is 472 g/mol. The van der Waals surface area contributed by atoms with E-state index in [0.29, 0.717) is 48.2 Å². The number of fused-ring (bicyclic) bond motifs is 4. The number of aromatic nitrogens is 4. The van der Waals surface area contributed by atoms with Crippen LogP contribution in [0.2, 0.25) is 0 Å². The van der Waals surface area contributed by atoms with E-state index in [9.17, 15) is 9.59 Å². The molecule has 5 heterocycles. The maximum atomic E-state index is 15.3. The summed E-state index contributed by atoms with van der Waals surface area (Å²) in [5.74, 6) is -0.646. The molecule has 0 bridgehead atoms. The van der Waals surface area contributed by atoms with Crippen molar-refractivity contribution >= 4 is 27.8 Å². The third kappa shape index (κ3) is 3.58. The summed E-state index contributed by atoms with van der Waals surface area (Å²) in [7, 11) is 0. The van der Waals surface area contributed by atoms with Gasteiger partial charge < -0.3 is 14.7 Å². The van der Waals surface area contributed by atoms with Gasteiger partial charge in [-0.25, -0.2) is 14.1 Å². The van der Waals surface area contributed by atoms with Crippen molar-refractivity contribution in [3.8, 4) is 5.69 Å². The van der Waals surface area contributed by atoms with Crippen LogP contribution in [0, 0.1) is 5.82 Å². The Labute approximate surface area is 198 Å². The zero-order valence-corrected chi connectivity index (χ0v) is 18.8. The molecule has 0 atom stereocenters. The number of H-pyrrole nitrogens is 1. The lowest BCUT2D eigenvalue weighted by Crippen LogP contribution is -2.23. The number of hydrogen-bond donors (Lipinski definition) is 2. The Kier molecular flexibility index (Phi) is 4.96. The normalized spacial score (nSPS) is 13.5. The molecule has 176 valence electrons. The molecule has 0 unspecified atom stereocenters. The number of nitrogens with zero attached hydrogens (tertiary/aromatic N) is 4. The molecule has 0 spiro atoms. The number of rotatable bonds is 5. The van der Waals surface area contributed by atoms with Crippen LogP contribution in [0.3, 0.4) is 0 Å². The Morgan fingerprint density at radius 2 is 2.09 bits per heavy atom. The second kappa shape index (κ2) is 8.17. The smallest absolute Gasteiger partial charge is 0.292 e. The molecule has 35 heavy (non-hydrogen) atoms. The number of hydrogen-bond acceptors (Lipinski definition) is 6. The van der Waals surface area contributed by atoms with E-state index in [4.69, 9.17) is 4.42 Å². The second-order valence-electron chi connectivity index (χ2n) is 8.53. The predicted molar refractivity (Wildman–Crippen MR) is 127 cm³/mol. The molecule has 1 amide bonds. The zero-order valence-electron chi connectivity index (χ0n) is 18.8. The van der Waals surface area contributed by atoms with Crippen molar-refractivity contribution in [3.63, 3.8) is 0 Å². The highest BCUT2D eigenvalue weighted by Crippen LogP contribution is 2.29. The average molecular weight is 472 g/mol. The van der Waals surface area contributed by atoms with Gasteiger partial charge in [-0.1, -0.05) is 12.1 Å². The quantitative estimate of drug-likeness (QED) is 0.407. The van der Waals surface area contributed by atoms with Gasteiger partial charge in [-0.05, 0) is 25.1 Å². The SMILES string of the molecule is CCNC(=O)c1ccc(-n2cc3c(n2)CN(Cc2ccc4c([nH]c(=O)c5occc54)c2F)C3)cn1. The van der Waals surface area contributed by atoms with Gasteiger partial charge in [0.05, 0.1) is 29.4 Å². The van der Waals surface area contributed by atoms with Crippen LogP contribution in [0.25, 0.3) is 27.6 Å². The molecule has 0 fully saturated rings. The Bertz CT molecular complexity index is 1630. The van der Waals surface area contributed by atoms with Crippen LogP contribution < -0.4 is 10.9 Å². The minimum absolute atomic E-state index is 0.187. The molecule has 1 aromatic carbocycles. The van der Waals surface area contributed by atoms with Crippen LogP contribution in [0.4, 0.5) is 4.39 Å². The van der Waals surface area contributed by atoms with E-state index in [2.05, 4.69) is 25.3 Å². The molecule has 1 aliphatic rings. The van der Waals surface area contributed by atoms with Crippen molar-refractivity contribution in [2.24, 2.45) is 0 Å². The standard InChI is InChI=1S/C25H21FN6O3/c1-2-27-24(33)19-6-4-16(9-28-19)32-12-15-11-31(13-20(15)30-32)10-14-3-5-17-18-7-8-35-23(18)25(34)29-22(17)21(14)26/h3-9,12H,2,10-11,13H2,1H3,(H,27,33)(H,29,34). The predicted octanol–water partition coefficient (Wildman–Crippen LogP) is 3.26. The second-order valence-corrected chi connectivity index (χ2v) is 8.53. The number of amides is 1. The number of nitrogens with one attached hydrogen (secondary N) is 2. The molecule has 1 aliphatic heterocycles. The first kappa shape index (κ1) is 21.2.